The van der Waals surface area contributed by atoms with E-state index >= 15 is 0 Å². The highest BCUT2D eigenvalue weighted by Crippen LogP contribution is 2.25. The second-order valence-corrected chi connectivity index (χ2v) is 8.03. The highest BCUT2D eigenvalue weighted by atomic mass is 35.5. The Morgan fingerprint density at radius 3 is 2.75 bits per heavy atom. The number of hydrogen-bond donors (Lipinski definition) is 0. The van der Waals surface area contributed by atoms with Crippen LogP contribution in [0.5, 0.6) is 6.01 Å². The fourth-order valence-corrected chi connectivity index (χ4v) is 4.38. The van der Waals surface area contributed by atoms with E-state index in [1.807, 2.05) is 6.92 Å². The summed E-state index contributed by atoms with van der Waals surface area (Å²) in [6, 6.07) is 6.76. The lowest BCUT2D eigenvalue weighted by Crippen LogP contribution is -2.44. The standard InChI is InChI=1S/C16H18ClN3O3S/c1-12-5-6-14(10-15(12)17)24(21,22)20-9-2-4-13(11-20)23-16-18-7-3-8-19-16/h3,5-8,10,13H,2,4,9,11H2,1H3. The van der Waals surface area contributed by atoms with Crippen molar-refractivity contribution in [1.82, 2.24) is 14.3 Å². The summed E-state index contributed by atoms with van der Waals surface area (Å²) in [5.41, 5.74) is 0.844. The normalized spacial score (nSPS) is 19.2. The van der Waals surface area contributed by atoms with E-state index in [1.54, 1.807) is 30.6 Å². The Morgan fingerprint density at radius 1 is 1.29 bits per heavy atom. The molecule has 1 unspecified atom stereocenters. The number of rotatable bonds is 4. The zero-order valence-corrected chi connectivity index (χ0v) is 14.8. The predicted octanol–water partition coefficient (Wildman–Crippen LogP) is 2.67. The van der Waals surface area contributed by atoms with Gasteiger partial charge in [-0.1, -0.05) is 17.7 Å². The van der Waals surface area contributed by atoms with E-state index in [4.69, 9.17) is 16.3 Å². The minimum Gasteiger partial charge on any atom is -0.459 e. The highest BCUT2D eigenvalue weighted by molar-refractivity contribution is 7.89. The van der Waals surface area contributed by atoms with Gasteiger partial charge < -0.3 is 4.74 Å². The van der Waals surface area contributed by atoms with Crippen molar-refractivity contribution in [1.29, 1.82) is 0 Å². The van der Waals surface area contributed by atoms with Gasteiger partial charge >= 0.3 is 6.01 Å². The number of ether oxygens (including phenoxy) is 1. The Balaban J connectivity index is 1.77. The van der Waals surface area contributed by atoms with Crippen molar-refractivity contribution in [2.45, 2.75) is 30.8 Å². The van der Waals surface area contributed by atoms with E-state index in [1.165, 1.54) is 10.4 Å². The summed E-state index contributed by atoms with van der Waals surface area (Å²) >= 11 is 6.07. The second kappa shape index (κ2) is 7.04. The van der Waals surface area contributed by atoms with Gasteiger partial charge in [0, 0.05) is 24.0 Å². The van der Waals surface area contributed by atoms with Gasteiger partial charge in [-0.2, -0.15) is 4.31 Å². The fourth-order valence-electron chi connectivity index (χ4n) is 2.60. The maximum atomic E-state index is 12.8. The van der Waals surface area contributed by atoms with Crippen LogP contribution in [0.1, 0.15) is 18.4 Å². The number of aryl methyl sites for hydroxylation is 1. The van der Waals surface area contributed by atoms with E-state index in [9.17, 15) is 8.42 Å². The van der Waals surface area contributed by atoms with Gasteiger partial charge in [0.05, 0.1) is 11.4 Å². The van der Waals surface area contributed by atoms with Crippen LogP contribution in [0.2, 0.25) is 5.02 Å². The number of halogens is 1. The number of nitrogens with zero attached hydrogens (tertiary/aromatic N) is 3. The molecular weight excluding hydrogens is 350 g/mol. The first-order valence-corrected chi connectivity index (χ1v) is 9.48. The van der Waals surface area contributed by atoms with E-state index in [2.05, 4.69) is 9.97 Å². The molecule has 0 aliphatic carbocycles. The number of aromatic nitrogens is 2. The van der Waals surface area contributed by atoms with Gasteiger partial charge in [0.1, 0.15) is 6.10 Å². The van der Waals surface area contributed by atoms with Crippen LogP contribution in [0.15, 0.2) is 41.6 Å². The van der Waals surface area contributed by atoms with E-state index in [0.717, 1.165) is 18.4 Å². The van der Waals surface area contributed by atoms with Crippen LogP contribution in [0.25, 0.3) is 0 Å². The Labute approximate surface area is 146 Å². The van der Waals surface area contributed by atoms with Gasteiger partial charge in [-0.3, -0.25) is 0 Å². The molecule has 2 heterocycles. The topological polar surface area (TPSA) is 72.4 Å². The third-order valence-corrected chi connectivity index (χ3v) is 6.20. The van der Waals surface area contributed by atoms with Gasteiger partial charge in [0.2, 0.25) is 10.0 Å². The second-order valence-electron chi connectivity index (χ2n) is 5.69. The third kappa shape index (κ3) is 3.68. The Morgan fingerprint density at radius 2 is 2.04 bits per heavy atom. The zero-order valence-electron chi connectivity index (χ0n) is 13.2. The molecule has 3 rings (SSSR count). The van der Waals surface area contributed by atoms with Crippen LogP contribution in [-0.4, -0.2) is 41.9 Å². The van der Waals surface area contributed by atoms with Crippen LogP contribution >= 0.6 is 11.6 Å². The fraction of sp³-hybridized carbons (Fsp3) is 0.375. The molecule has 1 fully saturated rings. The molecule has 0 radical (unpaired) electrons. The Kier molecular flexibility index (Phi) is 5.03. The quantitative estimate of drug-likeness (QED) is 0.830. The highest BCUT2D eigenvalue weighted by Gasteiger charge is 2.31. The molecule has 1 aromatic heterocycles. The number of sulfonamides is 1. The molecule has 0 spiro atoms. The van der Waals surface area contributed by atoms with Gasteiger partial charge in [-0.05, 0) is 43.5 Å². The Bertz CT molecular complexity index is 815. The molecule has 1 aliphatic rings. The third-order valence-electron chi connectivity index (χ3n) is 3.94. The number of piperidine rings is 1. The molecule has 0 bridgehead atoms. The zero-order chi connectivity index (χ0) is 17.2. The van der Waals surface area contributed by atoms with E-state index < -0.39 is 10.0 Å². The molecule has 1 saturated heterocycles. The monoisotopic (exact) mass is 367 g/mol. The average Bonchev–Trinajstić information content (AvgIpc) is 2.58. The molecule has 8 heteroatoms. The lowest BCUT2D eigenvalue weighted by atomic mass is 10.1. The van der Waals surface area contributed by atoms with Crippen molar-refractivity contribution in [3.05, 3.63) is 47.2 Å². The van der Waals surface area contributed by atoms with Crippen molar-refractivity contribution in [2.24, 2.45) is 0 Å². The van der Waals surface area contributed by atoms with Crippen molar-refractivity contribution in [3.63, 3.8) is 0 Å². The minimum absolute atomic E-state index is 0.203. The lowest BCUT2D eigenvalue weighted by Gasteiger charge is -2.31. The molecule has 24 heavy (non-hydrogen) atoms. The summed E-state index contributed by atoms with van der Waals surface area (Å²) in [6.07, 6.45) is 4.40. The molecule has 0 saturated carbocycles. The van der Waals surface area contributed by atoms with Crippen molar-refractivity contribution in [2.75, 3.05) is 13.1 Å². The van der Waals surface area contributed by atoms with Crippen LogP contribution in [0.3, 0.4) is 0 Å². The van der Waals surface area contributed by atoms with Gasteiger partial charge in [0.25, 0.3) is 0 Å². The SMILES string of the molecule is Cc1ccc(S(=O)(=O)N2CCCC(Oc3ncccn3)C2)cc1Cl. The predicted molar refractivity (Wildman–Crippen MR) is 90.6 cm³/mol. The summed E-state index contributed by atoms with van der Waals surface area (Å²) in [5, 5.41) is 0.443. The van der Waals surface area contributed by atoms with Crippen LogP contribution in [-0.2, 0) is 10.0 Å². The maximum absolute atomic E-state index is 12.8. The maximum Gasteiger partial charge on any atom is 0.316 e. The summed E-state index contributed by atoms with van der Waals surface area (Å²) in [4.78, 5) is 8.24. The van der Waals surface area contributed by atoms with Crippen molar-refractivity contribution < 1.29 is 13.2 Å². The first-order chi connectivity index (χ1) is 11.5. The van der Waals surface area contributed by atoms with Gasteiger partial charge in [0.15, 0.2) is 0 Å². The van der Waals surface area contributed by atoms with Crippen molar-refractivity contribution in [3.8, 4) is 6.01 Å². The summed E-state index contributed by atoms with van der Waals surface area (Å²) < 4.78 is 32.8. The number of hydrogen-bond acceptors (Lipinski definition) is 5. The molecular formula is C16H18ClN3O3S. The average molecular weight is 368 g/mol. The van der Waals surface area contributed by atoms with Crippen LogP contribution < -0.4 is 4.74 Å². The smallest absolute Gasteiger partial charge is 0.316 e. The van der Waals surface area contributed by atoms with E-state index in [-0.39, 0.29) is 23.6 Å². The largest absolute Gasteiger partial charge is 0.459 e. The van der Waals surface area contributed by atoms with Crippen LogP contribution in [0, 0.1) is 6.92 Å². The first-order valence-electron chi connectivity index (χ1n) is 7.67. The lowest BCUT2D eigenvalue weighted by molar-refractivity contribution is 0.119. The van der Waals surface area contributed by atoms with Gasteiger partial charge in [-0.25, -0.2) is 18.4 Å². The molecule has 128 valence electrons. The summed E-state index contributed by atoms with van der Waals surface area (Å²) in [5.74, 6) is 0. The molecule has 2 aromatic rings. The summed E-state index contributed by atoms with van der Waals surface area (Å²) in [7, 11) is -3.60. The number of benzene rings is 1. The molecule has 6 nitrogen and oxygen atoms in total. The molecule has 0 N–H and O–H groups in total. The molecule has 1 atom stereocenters. The molecule has 1 aliphatic heterocycles. The van der Waals surface area contributed by atoms with Crippen LogP contribution in [0.4, 0.5) is 0 Å². The minimum atomic E-state index is -3.60. The summed E-state index contributed by atoms with van der Waals surface area (Å²) in [6.45, 7) is 2.57. The molecule has 0 amide bonds. The Hall–Kier alpha value is -1.70. The first kappa shape index (κ1) is 17.1. The van der Waals surface area contributed by atoms with Gasteiger partial charge in [-0.15, -0.1) is 0 Å². The van der Waals surface area contributed by atoms with E-state index in [0.29, 0.717) is 11.6 Å². The molecule has 1 aromatic carbocycles. The van der Waals surface area contributed by atoms with Crippen molar-refractivity contribution >= 4 is 21.6 Å².